The molecule has 0 aromatic rings. The second-order valence-corrected chi connectivity index (χ2v) is 6.08. The van der Waals surface area contributed by atoms with E-state index < -0.39 is 5.60 Å². The maximum atomic E-state index is 11.9. The first-order valence-electron chi connectivity index (χ1n) is 7.18. The van der Waals surface area contributed by atoms with Crippen LogP contribution in [-0.4, -0.2) is 42.4 Å². The van der Waals surface area contributed by atoms with Gasteiger partial charge in [0.15, 0.2) is 0 Å². The predicted octanol–water partition coefficient (Wildman–Crippen LogP) is 0.654. The molecule has 19 heavy (non-hydrogen) atoms. The Bertz CT molecular complexity index is 296. The average Bonchev–Trinajstić information content (AvgIpc) is 2.66. The highest BCUT2D eigenvalue weighted by Crippen LogP contribution is 2.24. The van der Waals surface area contributed by atoms with Gasteiger partial charge in [-0.05, 0) is 31.7 Å². The summed E-state index contributed by atoms with van der Waals surface area (Å²) < 4.78 is 5.33. The summed E-state index contributed by atoms with van der Waals surface area (Å²) in [7, 11) is 0. The molecule has 3 unspecified atom stereocenters. The van der Waals surface area contributed by atoms with Gasteiger partial charge in [-0.25, -0.2) is 0 Å². The number of rotatable bonds is 7. The normalized spacial score (nSPS) is 28.6. The number of carbonyl (C=O) groups is 1. The molecule has 1 heterocycles. The zero-order valence-corrected chi connectivity index (χ0v) is 12.3. The van der Waals surface area contributed by atoms with Gasteiger partial charge in [0.2, 0.25) is 5.91 Å². The molecular formula is C14H28N2O3. The topological polar surface area (TPSA) is 84.6 Å². The molecule has 1 amide bonds. The summed E-state index contributed by atoms with van der Waals surface area (Å²) in [6, 6.07) is 0. The van der Waals surface area contributed by atoms with E-state index in [1.807, 2.05) is 6.92 Å². The van der Waals surface area contributed by atoms with Crippen LogP contribution in [0.5, 0.6) is 0 Å². The number of aliphatic hydroxyl groups is 1. The molecule has 5 nitrogen and oxygen atoms in total. The minimum Gasteiger partial charge on any atom is -0.385 e. The quantitative estimate of drug-likeness (QED) is 0.635. The Hall–Kier alpha value is -0.650. The second kappa shape index (κ2) is 7.22. The third kappa shape index (κ3) is 5.09. The summed E-state index contributed by atoms with van der Waals surface area (Å²) in [5.41, 5.74) is 4.76. The fraction of sp³-hybridized carbons (Fsp3) is 0.929. The van der Waals surface area contributed by atoms with E-state index in [1.54, 1.807) is 0 Å². The van der Waals surface area contributed by atoms with E-state index in [0.717, 1.165) is 6.42 Å². The highest BCUT2D eigenvalue weighted by Gasteiger charge is 2.39. The zero-order valence-electron chi connectivity index (χ0n) is 12.3. The standard InChI is InChI=1S/C14H28N2O3/c1-10(2)6-12(8-15)7-13(17)16-9-14(18)4-5-19-11(14)3/h10-12,18H,4-9,15H2,1-3H3,(H,16,17). The minimum absolute atomic E-state index is 0.0383. The lowest BCUT2D eigenvalue weighted by molar-refractivity contribution is -0.123. The van der Waals surface area contributed by atoms with Gasteiger partial charge in [0, 0.05) is 26.0 Å². The fourth-order valence-corrected chi connectivity index (χ4v) is 2.52. The van der Waals surface area contributed by atoms with Crippen molar-refractivity contribution in [3.8, 4) is 0 Å². The Kier molecular flexibility index (Phi) is 6.23. The highest BCUT2D eigenvalue weighted by atomic mass is 16.5. The van der Waals surface area contributed by atoms with E-state index in [2.05, 4.69) is 19.2 Å². The smallest absolute Gasteiger partial charge is 0.220 e. The van der Waals surface area contributed by atoms with Crippen LogP contribution in [0.25, 0.3) is 0 Å². The summed E-state index contributed by atoms with van der Waals surface area (Å²) in [4.78, 5) is 11.9. The number of ether oxygens (including phenoxy) is 1. The maximum Gasteiger partial charge on any atom is 0.220 e. The van der Waals surface area contributed by atoms with Crippen molar-refractivity contribution in [1.29, 1.82) is 0 Å². The highest BCUT2D eigenvalue weighted by molar-refractivity contribution is 5.76. The lowest BCUT2D eigenvalue weighted by atomic mass is 9.93. The van der Waals surface area contributed by atoms with E-state index >= 15 is 0 Å². The van der Waals surface area contributed by atoms with Crippen LogP contribution in [0.2, 0.25) is 0 Å². The van der Waals surface area contributed by atoms with Crippen LogP contribution in [0.4, 0.5) is 0 Å². The molecular weight excluding hydrogens is 244 g/mol. The predicted molar refractivity (Wildman–Crippen MR) is 74.6 cm³/mol. The Morgan fingerprint density at radius 2 is 2.26 bits per heavy atom. The monoisotopic (exact) mass is 272 g/mol. The second-order valence-electron chi connectivity index (χ2n) is 6.08. The molecule has 1 saturated heterocycles. The molecule has 0 aromatic carbocycles. The molecule has 1 aliphatic heterocycles. The molecule has 3 atom stereocenters. The molecule has 1 fully saturated rings. The van der Waals surface area contributed by atoms with E-state index in [0.29, 0.717) is 31.9 Å². The number of hydrogen-bond donors (Lipinski definition) is 3. The molecule has 0 bridgehead atoms. The van der Waals surface area contributed by atoms with E-state index in [1.165, 1.54) is 0 Å². The number of nitrogens with two attached hydrogens (primary N) is 1. The first-order valence-corrected chi connectivity index (χ1v) is 7.18. The summed E-state index contributed by atoms with van der Waals surface area (Å²) >= 11 is 0. The van der Waals surface area contributed by atoms with Crippen LogP contribution in [0, 0.1) is 11.8 Å². The molecule has 0 spiro atoms. The number of nitrogens with one attached hydrogen (secondary N) is 1. The average molecular weight is 272 g/mol. The Balaban J connectivity index is 2.34. The van der Waals surface area contributed by atoms with Crippen molar-refractivity contribution < 1.29 is 14.6 Å². The molecule has 0 radical (unpaired) electrons. The molecule has 5 heteroatoms. The van der Waals surface area contributed by atoms with Gasteiger partial charge in [-0.15, -0.1) is 0 Å². The van der Waals surface area contributed by atoms with Gasteiger partial charge in [0.25, 0.3) is 0 Å². The van der Waals surface area contributed by atoms with Gasteiger partial charge in [-0.3, -0.25) is 4.79 Å². The van der Waals surface area contributed by atoms with E-state index in [-0.39, 0.29) is 24.5 Å². The van der Waals surface area contributed by atoms with E-state index in [9.17, 15) is 9.90 Å². The molecule has 112 valence electrons. The third-order valence-electron chi connectivity index (χ3n) is 3.86. The minimum atomic E-state index is -0.925. The molecule has 0 saturated carbocycles. The van der Waals surface area contributed by atoms with Gasteiger partial charge in [-0.1, -0.05) is 13.8 Å². The van der Waals surface area contributed by atoms with Crippen molar-refractivity contribution in [3.05, 3.63) is 0 Å². The maximum absolute atomic E-state index is 11.9. The lowest BCUT2D eigenvalue weighted by Gasteiger charge is -2.26. The van der Waals surface area contributed by atoms with Crippen molar-refractivity contribution in [1.82, 2.24) is 5.32 Å². The van der Waals surface area contributed by atoms with Crippen LogP contribution in [-0.2, 0) is 9.53 Å². The number of carbonyl (C=O) groups excluding carboxylic acids is 1. The molecule has 1 aliphatic rings. The van der Waals surface area contributed by atoms with E-state index in [4.69, 9.17) is 10.5 Å². The van der Waals surface area contributed by atoms with Gasteiger partial charge in [0.05, 0.1) is 6.10 Å². The van der Waals surface area contributed by atoms with Crippen molar-refractivity contribution in [2.45, 2.75) is 51.7 Å². The molecule has 0 aromatic heterocycles. The van der Waals surface area contributed by atoms with Crippen molar-refractivity contribution >= 4 is 5.91 Å². The Morgan fingerprint density at radius 1 is 1.58 bits per heavy atom. The Morgan fingerprint density at radius 3 is 2.74 bits per heavy atom. The van der Waals surface area contributed by atoms with Crippen molar-refractivity contribution in [2.24, 2.45) is 17.6 Å². The fourth-order valence-electron chi connectivity index (χ4n) is 2.52. The SMILES string of the molecule is CC(C)CC(CN)CC(=O)NCC1(O)CCOC1C. The lowest BCUT2D eigenvalue weighted by Crippen LogP contribution is -2.47. The van der Waals surface area contributed by atoms with Crippen molar-refractivity contribution in [2.75, 3.05) is 19.7 Å². The number of hydrogen-bond acceptors (Lipinski definition) is 4. The van der Waals surface area contributed by atoms with Gasteiger partial charge in [0.1, 0.15) is 5.60 Å². The first kappa shape index (κ1) is 16.4. The number of amides is 1. The summed E-state index contributed by atoms with van der Waals surface area (Å²) in [5, 5.41) is 13.1. The van der Waals surface area contributed by atoms with Crippen LogP contribution in [0.15, 0.2) is 0 Å². The summed E-state index contributed by atoms with van der Waals surface area (Å²) in [6.45, 7) is 7.41. The van der Waals surface area contributed by atoms with Gasteiger partial charge in [-0.2, -0.15) is 0 Å². The third-order valence-corrected chi connectivity index (χ3v) is 3.86. The molecule has 1 rings (SSSR count). The molecule has 0 aliphatic carbocycles. The van der Waals surface area contributed by atoms with Crippen LogP contribution in [0.3, 0.4) is 0 Å². The van der Waals surface area contributed by atoms with Crippen LogP contribution >= 0.6 is 0 Å². The largest absolute Gasteiger partial charge is 0.385 e. The Labute approximate surface area is 115 Å². The first-order chi connectivity index (χ1) is 8.87. The summed E-state index contributed by atoms with van der Waals surface area (Å²) in [5.74, 6) is 0.712. The summed E-state index contributed by atoms with van der Waals surface area (Å²) in [6.07, 6.45) is 1.72. The van der Waals surface area contributed by atoms with Gasteiger partial charge >= 0.3 is 0 Å². The van der Waals surface area contributed by atoms with Crippen LogP contribution in [0.1, 0.15) is 40.0 Å². The molecule has 4 N–H and O–H groups in total. The van der Waals surface area contributed by atoms with Crippen molar-refractivity contribution in [3.63, 3.8) is 0 Å². The van der Waals surface area contributed by atoms with Gasteiger partial charge < -0.3 is 20.9 Å². The van der Waals surface area contributed by atoms with Crippen LogP contribution < -0.4 is 11.1 Å². The zero-order chi connectivity index (χ0) is 14.5.